The highest BCUT2D eigenvalue weighted by molar-refractivity contribution is 9.08. The van der Waals surface area contributed by atoms with E-state index in [0.29, 0.717) is 5.33 Å². The van der Waals surface area contributed by atoms with Gasteiger partial charge in [0.25, 0.3) is 0 Å². The standard InChI is InChI=1S/C11H11BrF2O2/c1-2-11(13,14)10(15)16-9-5-3-4-8(6-9)7-12/h3-6H,2,7H2,1H3. The van der Waals surface area contributed by atoms with Crippen molar-refractivity contribution in [3.63, 3.8) is 0 Å². The highest BCUT2D eigenvalue weighted by Gasteiger charge is 2.38. The van der Waals surface area contributed by atoms with Gasteiger partial charge in [0.15, 0.2) is 0 Å². The summed E-state index contributed by atoms with van der Waals surface area (Å²) in [6.45, 7) is 1.23. The molecule has 0 N–H and O–H groups in total. The van der Waals surface area contributed by atoms with Crippen LogP contribution in [0.15, 0.2) is 24.3 Å². The maximum absolute atomic E-state index is 12.9. The van der Waals surface area contributed by atoms with Crippen LogP contribution in [0.1, 0.15) is 18.9 Å². The molecule has 0 bridgehead atoms. The van der Waals surface area contributed by atoms with E-state index in [2.05, 4.69) is 20.7 Å². The Balaban J connectivity index is 2.77. The Morgan fingerprint density at radius 1 is 1.50 bits per heavy atom. The molecule has 0 saturated heterocycles. The first-order valence-electron chi connectivity index (χ1n) is 4.74. The van der Waals surface area contributed by atoms with E-state index in [0.717, 1.165) is 5.56 Å². The molecule has 1 rings (SSSR count). The van der Waals surface area contributed by atoms with Gasteiger partial charge < -0.3 is 4.74 Å². The van der Waals surface area contributed by atoms with Gasteiger partial charge in [0.05, 0.1) is 0 Å². The summed E-state index contributed by atoms with van der Waals surface area (Å²) in [6, 6.07) is 6.45. The summed E-state index contributed by atoms with van der Waals surface area (Å²) in [6.07, 6.45) is -0.566. The van der Waals surface area contributed by atoms with Gasteiger partial charge in [0.1, 0.15) is 5.75 Å². The summed E-state index contributed by atoms with van der Waals surface area (Å²) in [5.74, 6) is -4.80. The van der Waals surface area contributed by atoms with E-state index in [-0.39, 0.29) is 5.75 Å². The Hall–Kier alpha value is -0.970. The van der Waals surface area contributed by atoms with Gasteiger partial charge in [-0.2, -0.15) is 8.78 Å². The Morgan fingerprint density at radius 2 is 2.19 bits per heavy atom. The van der Waals surface area contributed by atoms with E-state index in [1.54, 1.807) is 18.2 Å². The van der Waals surface area contributed by atoms with E-state index in [1.807, 2.05) is 0 Å². The lowest BCUT2D eigenvalue weighted by Gasteiger charge is -2.12. The zero-order chi connectivity index (χ0) is 12.2. The lowest BCUT2D eigenvalue weighted by Crippen LogP contribution is -2.32. The molecule has 88 valence electrons. The number of halogens is 3. The number of alkyl halides is 3. The predicted molar refractivity (Wildman–Crippen MR) is 59.9 cm³/mol. The van der Waals surface area contributed by atoms with Crippen molar-refractivity contribution in [3.05, 3.63) is 29.8 Å². The molecule has 0 spiro atoms. The SMILES string of the molecule is CCC(F)(F)C(=O)Oc1cccc(CBr)c1. The molecule has 0 saturated carbocycles. The summed E-state index contributed by atoms with van der Waals surface area (Å²) in [4.78, 5) is 11.1. The minimum absolute atomic E-state index is 0.134. The second kappa shape index (κ2) is 5.39. The molecule has 0 aromatic heterocycles. The number of benzene rings is 1. The van der Waals surface area contributed by atoms with Crippen LogP contribution in [0.5, 0.6) is 5.75 Å². The van der Waals surface area contributed by atoms with Crippen LogP contribution in [0.2, 0.25) is 0 Å². The highest BCUT2D eigenvalue weighted by Crippen LogP contribution is 2.22. The van der Waals surface area contributed by atoms with Crippen molar-refractivity contribution in [1.29, 1.82) is 0 Å². The zero-order valence-corrected chi connectivity index (χ0v) is 10.3. The summed E-state index contributed by atoms with van der Waals surface area (Å²) in [7, 11) is 0. The molecule has 16 heavy (non-hydrogen) atoms. The maximum Gasteiger partial charge on any atom is 0.382 e. The van der Waals surface area contributed by atoms with Gasteiger partial charge in [0, 0.05) is 11.8 Å². The number of hydrogen-bond donors (Lipinski definition) is 0. The van der Waals surface area contributed by atoms with Gasteiger partial charge in [-0.1, -0.05) is 35.0 Å². The fourth-order valence-corrected chi connectivity index (χ4v) is 1.37. The van der Waals surface area contributed by atoms with Crippen molar-refractivity contribution in [2.24, 2.45) is 0 Å². The summed E-state index contributed by atoms with van der Waals surface area (Å²) < 4.78 is 30.5. The Labute approximate surface area is 101 Å². The molecule has 0 fully saturated rings. The fraction of sp³-hybridized carbons (Fsp3) is 0.364. The van der Waals surface area contributed by atoms with Crippen LogP contribution >= 0.6 is 15.9 Å². The lowest BCUT2D eigenvalue weighted by atomic mass is 10.2. The molecule has 0 atom stereocenters. The van der Waals surface area contributed by atoms with Crippen molar-refractivity contribution in [2.45, 2.75) is 24.6 Å². The first-order valence-corrected chi connectivity index (χ1v) is 5.86. The van der Waals surface area contributed by atoms with Gasteiger partial charge in [-0.15, -0.1) is 0 Å². The number of rotatable bonds is 4. The van der Waals surface area contributed by atoms with E-state index in [9.17, 15) is 13.6 Å². The van der Waals surface area contributed by atoms with Crippen LogP contribution in [0, 0.1) is 0 Å². The molecular formula is C11H11BrF2O2. The first kappa shape index (κ1) is 13.1. The first-order chi connectivity index (χ1) is 7.49. The maximum atomic E-state index is 12.9. The molecule has 0 aliphatic carbocycles. The zero-order valence-electron chi connectivity index (χ0n) is 8.67. The van der Waals surface area contributed by atoms with Crippen molar-refractivity contribution in [1.82, 2.24) is 0 Å². The second-order valence-electron chi connectivity index (χ2n) is 3.23. The quantitative estimate of drug-likeness (QED) is 0.482. The summed E-state index contributed by atoms with van der Waals surface area (Å²) in [5.41, 5.74) is 0.852. The largest absolute Gasteiger partial charge is 0.422 e. The van der Waals surface area contributed by atoms with E-state index in [4.69, 9.17) is 0 Å². The van der Waals surface area contributed by atoms with Crippen LogP contribution in [-0.4, -0.2) is 11.9 Å². The number of carbonyl (C=O) groups excluding carboxylic acids is 1. The molecule has 0 radical (unpaired) electrons. The van der Waals surface area contributed by atoms with E-state index in [1.165, 1.54) is 13.0 Å². The third kappa shape index (κ3) is 3.27. The molecule has 2 nitrogen and oxygen atoms in total. The molecule has 1 aromatic rings. The molecule has 0 aliphatic heterocycles. The van der Waals surface area contributed by atoms with E-state index >= 15 is 0 Å². The van der Waals surface area contributed by atoms with Gasteiger partial charge in [-0.05, 0) is 17.7 Å². The lowest BCUT2D eigenvalue weighted by molar-refractivity contribution is -0.161. The fourth-order valence-electron chi connectivity index (χ4n) is 1.02. The Bertz CT molecular complexity index is 380. The molecule has 1 aromatic carbocycles. The molecule has 0 unspecified atom stereocenters. The van der Waals surface area contributed by atoms with Crippen LogP contribution in [0.25, 0.3) is 0 Å². The smallest absolute Gasteiger partial charge is 0.382 e. The summed E-state index contributed by atoms with van der Waals surface area (Å²) >= 11 is 3.22. The summed E-state index contributed by atoms with van der Waals surface area (Å²) in [5, 5.41) is 0.572. The van der Waals surface area contributed by atoms with Gasteiger partial charge >= 0.3 is 11.9 Å². The van der Waals surface area contributed by atoms with Crippen LogP contribution < -0.4 is 4.74 Å². The second-order valence-corrected chi connectivity index (χ2v) is 3.79. The van der Waals surface area contributed by atoms with Crippen LogP contribution in [0.3, 0.4) is 0 Å². The van der Waals surface area contributed by atoms with Crippen molar-refractivity contribution in [2.75, 3.05) is 0 Å². The third-order valence-electron chi connectivity index (χ3n) is 2.01. The number of esters is 1. The normalized spacial score (nSPS) is 11.2. The predicted octanol–water partition coefficient (Wildman–Crippen LogP) is 3.53. The average Bonchev–Trinajstić information content (AvgIpc) is 2.29. The van der Waals surface area contributed by atoms with Crippen molar-refractivity contribution >= 4 is 21.9 Å². The van der Waals surface area contributed by atoms with Gasteiger partial charge in [0.2, 0.25) is 0 Å². The number of ether oxygens (including phenoxy) is 1. The Morgan fingerprint density at radius 3 is 2.75 bits per heavy atom. The molecular weight excluding hydrogens is 282 g/mol. The molecule has 0 heterocycles. The van der Waals surface area contributed by atoms with Gasteiger partial charge in [-0.3, -0.25) is 0 Å². The minimum Gasteiger partial charge on any atom is -0.422 e. The monoisotopic (exact) mass is 292 g/mol. The van der Waals surface area contributed by atoms with Crippen molar-refractivity contribution in [3.8, 4) is 5.75 Å². The van der Waals surface area contributed by atoms with Crippen LogP contribution in [0.4, 0.5) is 8.78 Å². The molecule has 0 aliphatic rings. The highest BCUT2D eigenvalue weighted by atomic mass is 79.9. The van der Waals surface area contributed by atoms with E-state index < -0.39 is 18.3 Å². The number of hydrogen-bond acceptors (Lipinski definition) is 2. The number of carbonyl (C=O) groups is 1. The minimum atomic E-state index is -3.43. The molecule has 5 heteroatoms. The molecule has 0 amide bonds. The van der Waals surface area contributed by atoms with Crippen LogP contribution in [-0.2, 0) is 10.1 Å². The average molecular weight is 293 g/mol. The topological polar surface area (TPSA) is 26.3 Å². The third-order valence-corrected chi connectivity index (χ3v) is 2.65. The van der Waals surface area contributed by atoms with Gasteiger partial charge in [-0.25, -0.2) is 4.79 Å². The Kier molecular flexibility index (Phi) is 4.41. The van der Waals surface area contributed by atoms with Crippen molar-refractivity contribution < 1.29 is 18.3 Å².